The number of halogens is 1. The van der Waals surface area contributed by atoms with Gasteiger partial charge in [-0.15, -0.1) is 0 Å². The Balaban J connectivity index is 2.53. The summed E-state index contributed by atoms with van der Waals surface area (Å²) in [7, 11) is 0. The first-order valence-electron chi connectivity index (χ1n) is 5.64. The molecule has 19 heavy (non-hydrogen) atoms. The Labute approximate surface area is 119 Å². The van der Waals surface area contributed by atoms with E-state index in [0.29, 0.717) is 10.0 Å². The summed E-state index contributed by atoms with van der Waals surface area (Å²) in [6.07, 6.45) is 0. The number of carboxylic acids is 1. The molecule has 0 spiro atoms. The molecule has 0 heterocycles. The van der Waals surface area contributed by atoms with E-state index in [0.717, 1.165) is 5.56 Å². The van der Waals surface area contributed by atoms with Crippen molar-refractivity contribution >= 4 is 27.7 Å². The third kappa shape index (κ3) is 2.74. The van der Waals surface area contributed by atoms with Crippen LogP contribution in [0.15, 0.2) is 46.9 Å². The molecule has 0 fully saturated rings. The first-order valence-corrected chi connectivity index (χ1v) is 6.43. The van der Waals surface area contributed by atoms with Gasteiger partial charge in [0.05, 0.1) is 5.56 Å². The van der Waals surface area contributed by atoms with Gasteiger partial charge in [0.1, 0.15) is 0 Å². The Bertz CT molecular complexity index is 662. The molecule has 1 N–H and O–H groups in total. The van der Waals surface area contributed by atoms with Crippen LogP contribution in [-0.4, -0.2) is 16.9 Å². The monoisotopic (exact) mass is 318 g/mol. The molecule has 2 aromatic carbocycles. The Kier molecular flexibility index (Phi) is 3.81. The number of carboxylic acid groups (broad SMARTS) is 1. The standard InChI is InChI=1S/C15H11BrO3/c1-9-6-7-12(13(16)8-9)14(17)10-4-2-3-5-11(10)15(18)19/h2-8H,1H3,(H,18,19). The van der Waals surface area contributed by atoms with Crippen LogP contribution in [0.5, 0.6) is 0 Å². The molecule has 0 aliphatic heterocycles. The van der Waals surface area contributed by atoms with Gasteiger partial charge in [-0.2, -0.15) is 0 Å². The fraction of sp³-hybridized carbons (Fsp3) is 0.0667. The van der Waals surface area contributed by atoms with Gasteiger partial charge >= 0.3 is 5.97 Å². The van der Waals surface area contributed by atoms with E-state index >= 15 is 0 Å². The SMILES string of the molecule is Cc1ccc(C(=O)c2ccccc2C(=O)O)c(Br)c1. The van der Waals surface area contributed by atoms with Crippen LogP contribution in [-0.2, 0) is 0 Å². The number of carbonyl (C=O) groups excluding carboxylic acids is 1. The predicted molar refractivity (Wildman–Crippen MR) is 75.7 cm³/mol. The smallest absolute Gasteiger partial charge is 0.336 e. The van der Waals surface area contributed by atoms with E-state index in [4.69, 9.17) is 5.11 Å². The molecule has 0 bridgehead atoms. The number of hydrogen-bond donors (Lipinski definition) is 1. The normalized spacial score (nSPS) is 10.2. The minimum Gasteiger partial charge on any atom is -0.478 e. The van der Waals surface area contributed by atoms with Gasteiger partial charge in [0.15, 0.2) is 5.78 Å². The number of hydrogen-bond acceptors (Lipinski definition) is 2. The van der Waals surface area contributed by atoms with Crippen LogP contribution in [0.25, 0.3) is 0 Å². The summed E-state index contributed by atoms with van der Waals surface area (Å²) in [5.74, 6) is -1.41. The lowest BCUT2D eigenvalue weighted by molar-refractivity contribution is 0.0693. The molecule has 0 aliphatic carbocycles. The zero-order chi connectivity index (χ0) is 14.0. The van der Waals surface area contributed by atoms with E-state index in [1.807, 2.05) is 19.1 Å². The van der Waals surface area contributed by atoms with E-state index < -0.39 is 5.97 Å². The van der Waals surface area contributed by atoms with Crippen molar-refractivity contribution in [2.24, 2.45) is 0 Å². The van der Waals surface area contributed by atoms with Gasteiger partial charge in [-0.1, -0.05) is 40.2 Å². The predicted octanol–water partition coefficient (Wildman–Crippen LogP) is 3.69. The summed E-state index contributed by atoms with van der Waals surface area (Å²) in [5, 5.41) is 9.11. The van der Waals surface area contributed by atoms with E-state index in [2.05, 4.69) is 15.9 Å². The minimum absolute atomic E-state index is 0.0139. The Morgan fingerprint density at radius 3 is 2.21 bits per heavy atom. The zero-order valence-electron chi connectivity index (χ0n) is 10.2. The highest BCUT2D eigenvalue weighted by Gasteiger charge is 2.19. The molecule has 4 heteroatoms. The first kappa shape index (κ1) is 13.5. The maximum absolute atomic E-state index is 12.4. The highest BCUT2D eigenvalue weighted by Crippen LogP contribution is 2.23. The van der Waals surface area contributed by atoms with Gasteiger partial charge in [-0.25, -0.2) is 4.79 Å². The minimum atomic E-state index is -1.10. The maximum Gasteiger partial charge on any atom is 0.336 e. The lowest BCUT2D eigenvalue weighted by Gasteiger charge is -2.07. The van der Waals surface area contributed by atoms with Crippen molar-refractivity contribution in [3.05, 3.63) is 69.2 Å². The summed E-state index contributed by atoms with van der Waals surface area (Å²) < 4.78 is 0.665. The number of rotatable bonds is 3. The van der Waals surface area contributed by atoms with Crippen molar-refractivity contribution in [1.82, 2.24) is 0 Å². The second-order valence-electron chi connectivity index (χ2n) is 4.16. The Morgan fingerprint density at radius 2 is 1.63 bits per heavy atom. The Morgan fingerprint density at radius 1 is 1.00 bits per heavy atom. The zero-order valence-corrected chi connectivity index (χ0v) is 11.8. The number of aryl methyl sites for hydroxylation is 1. The third-order valence-electron chi connectivity index (χ3n) is 2.77. The molecule has 0 saturated heterocycles. The van der Waals surface area contributed by atoms with Crippen molar-refractivity contribution in [3.8, 4) is 0 Å². The van der Waals surface area contributed by atoms with E-state index in [-0.39, 0.29) is 16.9 Å². The highest BCUT2D eigenvalue weighted by molar-refractivity contribution is 9.10. The molecule has 0 radical (unpaired) electrons. The van der Waals surface area contributed by atoms with Gasteiger partial charge in [-0.05, 0) is 30.7 Å². The van der Waals surface area contributed by atoms with Crippen LogP contribution in [0.1, 0.15) is 31.8 Å². The number of ketones is 1. The first-order chi connectivity index (χ1) is 9.00. The second-order valence-corrected chi connectivity index (χ2v) is 5.02. The highest BCUT2D eigenvalue weighted by atomic mass is 79.9. The third-order valence-corrected chi connectivity index (χ3v) is 3.43. The molecule has 0 aromatic heterocycles. The molecule has 0 unspecified atom stereocenters. The van der Waals surface area contributed by atoms with Crippen molar-refractivity contribution in [2.75, 3.05) is 0 Å². The fourth-order valence-corrected chi connectivity index (χ4v) is 2.49. The van der Waals surface area contributed by atoms with Crippen LogP contribution < -0.4 is 0 Å². The van der Waals surface area contributed by atoms with Gasteiger partial charge in [0, 0.05) is 15.6 Å². The lowest BCUT2D eigenvalue weighted by Crippen LogP contribution is -2.10. The molecule has 0 amide bonds. The summed E-state index contributed by atoms with van der Waals surface area (Å²) >= 11 is 3.34. The molecule has 0 saturated carbocycles. The quantitative estimate of drug-likeness (QED) is 0.878. The van der Waals surface area contributed by atoms with Crippen molar-refractivity contribution in [1.29, 1.82) is 0 Å². The summed E-state index contributed by atoms with van der Waals surface area (Å²) in [5.41, 5.74) is 1.69. The number of carbonyl (C=O) groups is 2. The van der Waals surface area contributed by atoms with Crippen LogP contribution >= 0.6 is 15.9 Å². The van der Waals surface area contributed by atoms with E-state index in [9.17, 15) is 9.59 Å². The molecule has 3 nitrogen and oxygen atoms in total. The van der Waals surface area contributed by atoms with Crippen LogP contribution in [0.4, 0.5) is 0 Å². The van der Waals surface area contributed by atoms with Crippen molar-refractivity contribution in [3.63, 3.8) is 0 Å². The van der Waals surface area contributed by atoms with Crippen molar-refractivity contribution in [2.45, 2.75) is 6.92 Å². The molecule has 2 aromatic rings. The van der Waals surface area contributed by atoms with Gasteiger partial charge in [-0.3, -0.25) is 4.79 Å². The summed E-state index contributed by atoms with van der Waals surface area (Å²) in [6.45, 7) is 1.92. The maximum atomic E-state index is 12.4. The molecule has 0 atom stereocenters. The van der Waals surface area contributed by atoms with Crippen LogP contribution in [0.2, 0.25) is 0 Å². The molecule has 0 aliphatic rings. The largest absolute Gasteiger partial charge is 0.478 e. The molecular formula is C15H11BrO3. The second kappa shape index (κ2) is 5.36. The van der Waals surface area contributed by atoms with E-state index in [1.54, 1.807) is 18.2 Å². The Hall–Kier alpha value is -1.94. The van der Waals surface area contributed by atoms with Crippen LogP contribution in [0.3, 0.4) is 0 Å². The van der Waals surface area contributed by atoms with Gasteiger partial charge in [0.25, 0.3) is 0 Å². The lowest BCUT2D eigenvalue weighted by atomic mass is 9.98. The molecular weight excluding hydrogens is 308 g/mol. The van der Waals surface area contributed by atoms with Crippen LogP contribution in [0, 0.1) is 6.92 Å². The molecule has 96 valence electrons. The van der Waals surface area contributed by atoms with Gasteiger partial charge < -0.3 is 5.11 Å². The van der Waals surface area contributed by atoms with E-state index in [1.165, 1.54) is 12.1 Å². The molecule has 2 rings (SSSR count). The average Bonchev–Trinajstić information content (AvgIpc) is 2.38. The van der Waals surface area contributed by atoms with Gasteiger partial charge in [0.2, 0.25) is 0 Å². The summed E-state index contributed by atoms with van der Waals surface area (Å²) in [6, 6.07) is 11.6. The van der Waals surface area contributed by atoms with Crippen molar-refractivity contribution < 1.29 is 14.7 Å². The summed E-state index contributed by atoms with van der Waals surface area (Å²) in [4.78, 5) is 23.5. The number of aromatic carboxylic acids is 1. The fourth-order valence-electron chi connectivity index (χ4n) is 1.82. The topological polar surface area (TPSA) is 54.4 Å². The average molecular weight is 319 g/mol. The number of benzene rings is 2.